The van der Waals surface area contributed by atoms with Gasteiger partial charge in [0.15, 0.2) is 0 Å². The van der Waals surface area contributed by atoms with Gasteiger partial charge in [-0.2, -0.15) is 0 Å². The van der Waals surface area contributed by atoms with Crippen molar-refractivity contribution in [2.45, 2.75) is 26.3 Å². The fourth-order valence-corrected chi connectivity index (χ4v) is 2.71. The van der Waals surface area contributed by atoms with Gasteiger partial charge in [0.2, 0.25) is 0 Å². The molecule has 2 heterocycles. The van der Waals surface area contributed by atoms with Gasteiger partial charge in [-0.25, -0.2) is 8.78 Å². The van der Waals surface area contributed by atoms with Crippen LogP contribution >= 0.6 is 0 Å². The lowest BCUT2D eigenvalue weighted by Gasteiger charge is -2.16. The fourth-order valence-electron chi connectivity index (χ4n) is 2.71. The van der Waals surface area contributed by atoms with Crippen molar-refractivity contribution in [2.24, 2.45) is 0 Å². The molecule has 0 amide bonds. The summed E-state index contributed by atoms with van der Waals surface area (Å²) < 4.78 is 29.3. The average molecular weight is 357 g/mol. The summed E-state index contributed by atoms with van der Waals surface area (Å²) in [6, 6.07) is 11.6. The standard InChI is InChI=1S/C20H21F2N3O/c1-12-4-5-15-9-18(25-19(15)8-12)14(3)24-13(2)17-7-6-16(10-23-17)26-11-20(21)22/h4-10,13,20,24-25H,3,11H2,1-2H3/t13-/m1/s1. The van der Waals surface area contributed by atoms with E-state index in [1.807, 2.05) is 13.0 Å². The van der Waals surface area contributed by atoms with Crippen LogP contribution in [0.3, 0.4) is 0 Å². The van der Waals surface area contributed by atoms with E-state index >= 15 is 0 Å². The van der Waals surface area contributed by atoms with Crippen molar-refractivity contribution in [2.75, 3.05) is 6.61 Å². The predicted octanol–water partition coefficient (Wildman–Crippen LogP) is 4.84. The number of ether oxygens (including phenoxy) is 1. The van der Waals surface area contributed by atoms with Crippen LogP contribution in [-0.2, 0) is 0 Å². The molecule has 0 radical (unpaired) electrons. The number of alkyl halides is 2. The Morgan fingerprint density at radius 3 is 2.77 bits per heavy atom. The van der Waals surface area contributed by atoms with Crippen LogP contribution in [0.5, 0.6) is 5.75 Å². The highest BCUT2D eigenvalue weighted by atomic mass is 19.3. The highest BCUT2D eigenvalue weighted by Gasteiger charge is 2.11. The molecule has 4 nitrogen and oxygen atoms in total. The van der Waals surface area contributed by atoms with E-state index in [0.717, 1.165) is 28.0 Å². The third-order valence-electron chi connectivity index (χ3n) is 4.07. The SMILES string of the molecule is C=C(N[C@H](C)c1ccc(OCC(F)F)cn1)c1cc2ccc(C)cc2[nH]1. The molecule has 0 saturated carbocycles. The maximum absolute atomic E-state index is 12.2. The van der Waals surface area contributed by atoms with Gasteiger partial charge in [-0.05, 0) is 43.7 Å². The van der Waals surface area contributed by atoms with Gasteiger partial charge >= 0.3 is 0 Å². The summed E-state index contributed by atoms with van der Waals surface area (Å²) in [5.74, 6) is 0.325. The van der Waals surface area contributed by atoms with Gasteiger partial charge in [0, 0.05) is 10.9 Å². The van der Waals surface area contributed by atoms with Gasteiger partial charge in [-0.1, -0.05) is 18.7 Å². The Hall–Kier alpha value is -2.89. The maximum Gasteiger partial charge on any atom is 0.272 e. The molecule has 6 heteroatoms. The number of hydrogen-bond acceptors (Lipinski definition) is 3. The van der Waals surface area contributed by atoms with E-state index in [1.165, 1.54) is 11.8 Å². The van der Waals surface area contributed by atoms with Gasteiger partial charge in [0.25, 0.3) is 6.43 Å². The molecule has 0 saturated heterocycles. The van der Waals surface area contributed by atoms with E-state index in [4.69, 9.17) is 4.74 Å². The number of aromatic nitrogens is 2. The molecule has 1 aromatic carbocycles. The predicted molar refractivity (Wildman–Crippen MR) is 99.4 cm³/mol. The minimum atomic E-state index is -2.50. The summed E-state index contributed by atoms with van der Waals surface area (Å²) in [6.45, 7) is 7.47. The summed E-state index contributed by atoms with van der Waals surface area (Å²) in [5.41, 5.74) is 4.69. The number of H-pyrrole nitrogens is 1. The van der Waals surface area contributed by atoms with Gasteiger partial charge in [0.1, 0.15) is 12.4 Å². The van der Waals surface area contributed by atoms with Crippen LogP contribution in [-0.4, -0.2) is 23.0 Å². The van der Waals surface area contributed by atoms with E-state index in [1.54, 1.807) is 12.1 Å². The van der Waals surface area contributed by atoms with E-state index < -0.39 is 13.0 Å². The molecule has 0 aliphatic rings. The smallest absolute Gasteiger partial charge is 0.272 e. The van der Waals surface area contributed by atoms with Gasteiger partial charge in [0.05, 0.1) is 29.3 Å². The summed E-state index contributed by atoms with van der Waals surface area (Å²) in [6.07, 6.45) is -1.05. The Morgan fingerprint density at radius 2 is 2.08 bits per heavy atom. The molecule has 2 aromatic heterocycles. The van der Waals surface area contributed by atoms with Crippen LogP contribution in [0.25, 0.3) is 16.6 Å². The van der Waals surface area contributed by atoms with E-state index in [9.17, 15) is 8.78 Å². The van der Waals surface area contributed by atoms with Crippen molar-refractivity contribution in [3.63, 3.8) is 0 Å². The monoisotopic (exact) mass is 357 g/mol. The largest absolute Gasteiger partial charge is 0.486 e. The first-order valence-corrected chi connectivity index (χ1v) is 8.34. The van der Waals surface area contributed by atoms with Crippen molar-refractivity contribution in [3.8, 4) is 5.75 Å². The van der Waals surface area contributed by atoms with Gasteiger partial charge in [-0.15, -0.1) is 0 Å². The molecule has 2 N–H and O–H groups in total. The highest BCUT2D eigenvalue weighted by Crippen LogP contribution is 2.22. The first-order valence-electron chi connectivity index (χ1n) is 8.34. The number of pyridine rings is 1. The van der Waals surface area contributed by atoms with Gasteiger partial charge < -0.3 is 15.0 Å². The van der Waals surface area contributed by atoms with Crippen LogP contribution in [0.1, 0.15) is 29.9 Å². The second-order valence-corrected chi connectivity index (χ2v) is 6.24. The minimum Gasteiger partial charge on any atom is -0.486 e. The third-order valence-corrected chi connectivity index (χ3v) is 4.07. The second kappa shape index (κ2) is 7.56. The van der Waals surface area contributed by atoms with Crippen molar-refractivity contribution in [1.82, 2.24) is 15.3 Å². The Balaban J connectivity index is 1.66. The lowest BCUT2D eigenvalue weighted by atomic mass is 10.2. The van der Waals surface area contributed by atoms with Crippen LogP contribution < -0.4 is 10.1 Å². The Kier molecular flexibility index (Phi) is 5.21. The normalized spacial score (nSPS) is 12.3. The molecule has 0 bridgehead atoms. The summed E-state index contributed by atoms with van der Waals surface area (Å²) in [4.78, 5) is 7.63. The zero-order valence-corrected chi connectivity index (χ0v) is 14.7. The third kappa shape index (κ3) is 4.20. The zero-order valence-electron chi connectivity index (χ0n) is 14.7. The summed E-state index contributed by atoms with van der Waals surface area (Å²) >= 11 is 0. The van der Waals surface area contributed by atoms with Crippen LogP contribution in [0.4, 0.5) is 8.78 Å². The Bertz CT molecular complexity index is 903. The number of benzene rings is 1. The number of rotatable bonds is 7. The van der Waals surface area contributed by atoms with E-state index in [0.29, 0.717) is 5.75 Å². The van der Waals surface area contributed by atoms with Crippen molar-refractivity contribution >= 4 is 16.6 Å². The van der Waals surface area contributed by atoms with E-state index in [2.05, 4.69) is 47.0 Å². The van der Waals surface area contributed by atoms with E-state index in [-0.39, 0.29) is 6.04 Å². The number of fused-ring (bicyclic) bond motifs is 1. The fraction of sp³-hybridized carbons (Fsp3) is 0.250. The number of nitrogens with one attached hydrogen (secondary N) is 2. The Labute approximate surface area is 150 Å². The average Bonchev–Trinajstić information content (AvgIpc) is 3.03. The van der Waals surface area contributed by atoms with Gasteiger partial charge in [-0.3, -0.25) is 4.98 Å². The molecule has 0 aliphatic carbocycles. The molecule has 0 unspecified atom stereocenters. The van der Waals surface area contributed by atoms with Crippen LogP contribution in [0.15, 0.2) is 49.2 Å². The lowest BCUT2D eigenvalue weighted by Crippen LogP contribution is -2.17. The molecule has 0 fully saturated rings. The number of hydrogen-bond donors (Lipinski definition) is 2. The molecular weight excluding hydrogens is 336 g/mol. The zero-order chi connectivity index (χ0) is 18.7. The highest BCUT2D eigenvalue weighted by molar-refractivity contribution is 5.84. The molecule has 0 aliphatic heterocycles. The summed E-state index contributed by atoms with van der Waals surface area (Å²) in [7, 11) is 0. The number of halogens is 2. The molecule has 1 atom stereocenters. The number of aryl methyl sites for hydroxylation is 1. The minimum absolute atomic E-state index is 0.0974. The molecular formula is C20H21F2N3O. The van der Waals surface area contributed by atoms with Crippen molar-refractivity contribution in [3.05, 3.63) is 66.1 Å². The molecule has 26 heavy (non-hydrogen) atoms. The first-order chi connectivity index (χ1) is 12.4. The first kappa shape index (κ1) is 17.9. The van der Waals surface area contributed by atoms with Crippen molar-refractivity contribution in [1.29, 1.82) is 0 Å². The summed E-state index contributed by atoms with van der Waals surface area (Å²) in [5, 5.41) is 4.43. The Morgan fingerprint density at radius 1 is 1.27 bits per heavy atom. The topological polar surface area (TPSA) is 49.9 Å². The van der Waals surface area contributed by atoms with Crippen LogP contribution in [0.2, 0.25) is 0 Å². The second-order valence-electron chi connectivity index (χ2n) is 6.24. The molecule has 136 valence electrons. The molecule has 3 aromatic rings. The lowest BCUT2D eigenvalue weighted by molar-refractivity contribution is 0.0817. The molecule has 3 rings (SSSR count). The van der Waals surface area contributed by atoms with Crippen molar-refractivity contribution < 1.29 is 13.5 Å². The molecule has 0 spiro atoms. The van der Waals surface area contributed by atoms with Crippen LogP contribution in [0, 0.1) is 6.92 Å². The maximum atomic E-state index is 12.2. The number of nitrogens with zero attached hydrogens (tertiary/aromatic N) is 1. The quantitative estimate of drug-likeness (QED) is 0.636. The number of aromatic amines is 1.